The van der Waals surface area contributed by atoms with Crippen LogP contribution in [0.2, 0.25) is 18.1 Å². The van der Waals surface area contributed by atoms with Gasteiger partial charge in [0.05, 0.1) is 33.7 Å². The molecule has 3 aromatic heterocycles. The Kier molecular flexibility index (Phi) is 6.81. The summed E-state index contributed by atoms with van der Waals surface area (Å²) in [5.74, 6) is 0. The smallest absolute Gasteiger partial charge is 0.419 e. The van der Waals surface area contributed by atoms with Crippen molar-refractivity contribution < 1.29 is 14.0 Å². The number of carbonyl (C=O) groups is 1. The molecule has 39 heavy (non-hydrogen) atoms. The first kappa shape index (κ1) is 27.3. The van der Waals surface area contributed by atoms with Gasteiger partial charge in [-0.25, -0.2) is 9.36 Å². The fourth-order valence-electron chi connectivity index (χ4n) is 4.24. The number of thiazole rings is 1. The predicted octanol–water partition coefficient (Wildman–Crippen LogP) is 8.61. The Morgan fingerprint density at radius 2 is 1.82 bits per heavy atom. The molecular weight excluding hydrogens is 525 g/mol. The Bertz CT molecular complexity index is 1650. The average molecular weight is 561 g/mol. The molecule has 0 unspecified atom stereocenters. The Morgan fingerprint density at radius 3 is 2.49 bits per heavy atom. The zero-order chi connectivity index (χ0) is 28.2. The van der Waals surface area contributed by atoms with Gasteiger partial charge in [0.25, 0.3) is 0 Å². The van der Waals surface area contributed by atoms with Crippen LogP contribution in [0.5, 0.6) is 0 Å². The number of benzene rings is 2. The van der Waals surface area contributed by atoms with Crippen molar-refractivity contribution in [2.24, 2.45) is 0 Å². The van der Waals surface area contributed by atoms with E-state index >= 15 is 0 Å². The van der Waals surface area contributed by atoms with E-state index in [0.717, 1.165) is 37.8 Å². The molecule has 2 aromatic carbocycles. The van der Waals surface area contributed by atoms with Gasteiger partial charge in [0, 0.05) is 17.0 Å². The lowest BCUT2D eigenvalue weighted by Gasteiger charge is -2.36. The Labute approximate surface area is 234 Å². The molecule has 0 aliphatic heterocycles. The molecule has 204 valence electrons. The number of nitrogens with zero attached hydrogens (tertiary/aromatic N) is 3. The molecule has 7 nitrogen and oxygen atoms in total. The second kappa shape index (κ2) is 9.73. The van der Waals surface area contributed by atoms with Crippen molar-refractivity contribution in [3.8, 4) is 21.8 Å². The Morgan fingerprint density at radius 1 is 1.05 bits per heavy atom. The lowest BCUT2D eigenvalue weighted by molar-refractivity contribution is 0.0547. The molecule has 5 rings (SSSR count). The highest BCUT2D eigenvalue weighted by molar-refractivity contribution is 7.13. The van der Waals surface area contributed by atoms with Crippen LogP contribution >= 0.6 is 11.3 Å². The molecule has 9 heteroatoms. The van der Waals surface area contributed by atoms with Crippen molar-refractivity contribution in [2.75, 3.05) is 0 Å². The van der Waals surface area contributed by atoms with Gasteiger partial charge in [0.15, 0.2) is 8.32 Å². The van der Waals surface area contributed by atoms with E-state index in [1.165, 1.54) is 0 Å². The highest BCUT2D eigenvalue weighted by atomic mass is 32.1. The maximum Gasteiger partial charge on any atom is 0.419 e. The number of fused-ring (bicyclic) bond motifs is 2. The van der Waals surface area contributed by atoms with Crippen molar-refractivity contribution in [3.63, 3.8) is 0 Å². The van der Waals surface area contributed by atoms with Crippen molar-refractivity contribution in [2.45, 2.75) is 71.9 Å². The van der Waals surface area contributed by atoms with E-state index < -0.39 is 20.0 Å². The maximum atomic E-state index is 13.5. The molecule has 0 atom stereocenters. The number of aromatic amines is 1. The van der Waals surface area contributed by atoms with Crippen molar-refractivity contribution in [3.05, 3.63) is 59.7 Å². The van der Waals surface area contributed by atoms with Crippen LogP contribution in [0, 0.1) is 0 Å². The summed E-state index contributed by atoms with van der Waals surface area (Å²) in [6.07, 6.45) is 1.42. The first-order valence-electron chi connectivity index (χ1n) is 13.1. The van der Waals surface area contributed by atoms with E-state index in [9.17, 15) is 4.79 Å². The Hall–Kier alpha value is -3.27. The Balaban J connectivity index is 1.59. The number of carbonyl (C=O) groups excluding carboxylic acids is 1. The number of rotatable bonds is 5. The van der Waals surface area contributed by atoms with Crippen LogP contribution in [-0.2, 0) is 15.8 Å². The van der Waals surface area contributed by atoms with Gasteiger partial charge in [-0.3, -0.25) is 10.1 Å². The van der Waals surface area contributed by atoms with Crippen LogP contribution in [0.25, 0.3) is 43.6 Å². The molecule has 1 N–H and O–H groups in total. The average Bonchev–Trinajstić information content (AvgIpc) is 3.58. The molecule has 3 heterocycles. The highest BCUT2D eigenvalue weighted by Gasteiger charge is 2.37. The SMILES string of the molecule is CC(C)(C)OC(=O)n1c(-c2n[nH]c3cc(-c4cncs4)ccc23)cc2cc(CO[Si](C)(C)C(C)(C)C)ccc21. The summed E-state index contributed by atoms with van der Waals surface area (Å²) in [6, 6.07) is 14.3. The minimum Gasteiger partial charge on any atom is -0.443 e. The fraction of sp³-hybridized carbons (Fsp3) is 0.367. The van der Waals surface area contributed by atoms with Crippen molar-refractivity contribution in [1.82, 2.24) is 19.7 Å². The van der Waals surface area contributed by atoms with Gasteiger partial charge in [0.2, 0.25) is 0 Å². The summed E-state index contributed by atoms with van der Waals surface area (Å²) < 4.78 is 13.9. The summed E-state index contributed by atoms with van der Waals surface area (Å²) in [5.41, 5.74) is 6.36. The lowest BCUT2D eigenvalue weighted by atomic mass is 10.1. The van der Waals surface area contributed by atoms with E-state index in [4.69, 9.17) is 9.16 Å². The molecule has 0 bridgehead atoms. The first-order valence-corrected chi connectivity index (χ1v) is 16.9. The number of aromatic nitrogens is 4. The summed E-state index contributed by atoms with van der Waals surface area (Å²) in [7, 11) is -1.90. The second-order valence-electron chi connectivity index (χ2n) is 12.5. The third-order valence-electron chi connectivity index (χ3n) is 7.37. The molecule has 0 aliphatic carbocycles. The third-order valence-corrected chi connectivity index (χ3v) is 12.7. The molecule has 0 spiro atoms. The molecule has 0 amide bonds. The van der Waals surface area contributed by atoms with Crippen LogP contribution in [-0.4, -0.2) is 39.8 Å². The van der Waals surface area contributed by atoms with Gasteiger partial charge < -0.3 is 9.16 Å². The minimum absolute atomic E-state index is 0.130. The minimum atomic E-state index is -1.90. The molecule has 0 radical (unpaired) electrons. The van der Waals surface area contributed by atoms with Crippen LogP contribution in [0.3, 0.4) is 0 Å². The summed E-state index contributed by atoms with van der Waals surface area (Å²) in [4.78, 5) is 18.8. The summed E-state index contributed by atoms with van der Waals surface area (Å²) in [6.45, 7) is 17.4. The van der Waals surface area contributed by atoms with E-state index in [2.05, 4.69) is 67.2 Å². The monoisotopic (exact) mass is 560 g/mol. The van der Waals surface area contributed by atoms with Gasteiger partial charge in [0.1, 0.15) is 11.3 Å². The summed E-state index contributed by atoms with van der Waals surface area (Å²) >= 11 is 1.59. The third kappa shape index (κ3) is 5.43. The molecule has 0 aliphatic rings. The number of H-pyrrole nitrogens is 1. The number of hydrogen-bond donors (Lipinski definition) is 1. The van der Waals surface area contributed by atoms with Crippen LogP contribution in [0.15, 0.2) is 54.2 Å². The van der Waals surface area contributed by atoms with Crippen LogP contribution < -0.4 is 0 Å². The van der Waals surface area contributed by atoms with E-state index in [-0.39, 0.29) is 5.04 Å². The lowest BCUT2D eigenvalue weighted by Crippen LogP contribution is -2.40. The van der Waals surface area contributed by atoms with Gasteiger partial charge in [-0.05, 0) is 80.4 Å². The van der Waals surface area contributed by atoms with Crippen molar-refractivity contribution >= 4 is 47.6 Å². The van der Waals surface area contributed by atoms with E-state index in [0.29, 0.717) is 18.0 Å². The van der Waals surface area contributed by atoms with Gasteiger partial charge >= 0.3 is 6.09 Å². The number of hydrogen-bond acceptors (Lipinski definition) is 6. The predicted molar refractivity (Wildman–Crippen MR) is 162 cm³/mol. The number of ether oxygens (including phenoxy) is 1. The molecule has 5 aromatic rings. The molecule has 0 saturated carbocycles. The largest absolute Gasteiger partial charge is 0.443 e. The zero-order valence-corrected chi connectivity index (χ0v) is 25.7. The normalized spacial score (nSPS) is 12.9. The highest BCUT2D eigenvalue weighted by Crippen LogP contribution is 2.38. The van der Waals surface area contributed by atoms with Crippen LogP contribution in [0.4, 0.5) is 4.79 Å². The van der Waals surface area contributed by atoms with Gasteiger partial charge in [-0.1, -0.05) is 32.9 Å². The van der Waals surface area contributed by atoms with E-state index in [1.54, 1.807) is 15.9 Å². The van der Waals surface area contributed by atoms with Gasteiger partial charge in [-0.2, -0.15) is 5.10 Å². The van der Waals surface area contributed by atoms with Gasteiger partial charge in [-0.15, -0.1) is 11.3 Å². The maximum absolute atomic E-state index is 13.5. The number of nitrogens with one attached hydrogen (secondary N) is 1. The molecule has 0 saturated heterocycles. The van der Waals surface area contributed by atoms with Crippen LogP contribution in [0.1, 0.15) is 47.1 Å². The summed E-state index contributed by atoms with van der Waals surface area (Å²) in [5, 5.41) is 9.81. The van der Waals surface area contributed by atoms with E-state index in [1.807, 2.05) is 56.7 Å². The zero-order valence-electron chi connectivity index (χ0n) is 23.9. The quantitative estimate of drug-likeness (QED) is 0.218. The van der Waals surface area contributed by atoms with Crippen molar-refractivity contribution in [1.29, 1.82) is 0 Å². The first-order chi connectivity index (χ1) is 18.2. The fourth-order valence-corrected chi connectivity index (χ4v) is 5.82. The second-order valence-corrected chi connectivity index (χ2v) is 18.2. The topological polar surface area (TPSA) is 82.0 Å². The molecular formula is C30H36N4O3SSi. The molecule has 0 fully saturated rings. The standard InChI is InChI=1S/C30H36N4O3SSi/c1-29(2,3)37-28(35)34-24-12-9-19(17-36-39(7,8)30(4,5)6)13-21(24)15-25(34)27-22-11-10-20(14-23(22)32-33-27)26-16-31-18-38-26/h9-16,18H,17H2,1-8H3,(H,32,33).